The summed E-state index contributed by atoms with van der Waals surface area (Å²) in [5, 5.41) is 5.91. The van der Waals surface area contributed by atoms with E-state index in [0.717, 1.165) is 17.8 Å². The number of nitrogens with one attached hydrogen (secondary N) is 2. The average Bonchev–Trinajstić information content (AvgIpc) is 2.74. The number of nitrogens with zero attached hydrogens (tertiary/aromatic N) is 3. The number of carbonyl (C=O) groups is 1. The molecule has 2 rings (SSSR count). The summed E-state index contributed by atoms with van der Waals surface area (Å²) >= 11 is 0. The molecular weight excluding hydrogens is 522 g/mol. The van der Waals surface area contributed by atoms with Crippen molar-refractivity contribution in [3.63, 3.8) is 0 Å². The Morgan fingerprint density at radius 3 is 2.58 bits per heavy atom. The number of hydrogen-bond donors (Lipinski definition) is 2. The van der Waals surface area contributed by atoms with E-state index in [-0.39, 0.29) is 43.0 Å². The van der Waals surface area contributed by atoms with Gasteiger partial charge < -0.3 is 15.5 Å². The van der Waals surface area contributed by atoms with Crippen LogP contribution in [0.15, 0.2) is 53.7 Å². The topological polar surface area (TPSA) is 69.6 Å². The summed E-state index contributed by atoms with van der Waals surface area (Å²) in [6, 6.07) is 10.7. The maximum absolute atomic E-state index is 12.8. The lowest BCUT2D eigenvalue weighted by atomic mass is 10.1. The van der Waals surface area contributed by atoms with Gasteiger partial charge in [-0.2, -0.15) is 13.2 Å². The molecule has 1 aromatic carbocycles. The van der Waals surface area contributed by atoms with E-state index in [1.165, 1.54) is 6.07 Å². The molecule has 31 heavy (non-hydrogen) atoms. The molecular formula is C21H27F3IN5O. The highest BCUT2D eigenvalue weighted by molar-refractivity contribution is 14.0. The zero-order valence-corrected chi connectivity index (χ0v) is 19.8. The normalized spacial score (nSPS) is 11.5. The molecule has 0 atom stereocenters. The standard InChI is InChI=1S/C21H26F3N5O.HI/c1-3-25-20(27-14-16-7-6-8-17(13-16)21(22,23)24)28-15-19(30)29(2)12-10-18-9-4-5-11-26-18;/h4-9,11,13H,3,10,12,14-15H2,1-2H3,(H2,25,27,28);1H. The first-order valence-corrected chi connectivity index (χ1v) is 9.61. The van der Waals surface area contributed by atoms with Crippen molar-refractivity contribution in [3.05, 3.63) is 65.5 Å². The van der Waals surface area contributed by atoms with Gasteiger partial charge in [0.05, 0.1) is 18.7 Å². The van der Waals surface area contributed by atoms with E-state index in [1.54, 1.807) is 24.2 Å². The average molecular weight is 549 g/mol. The van der Waals surface area contributed by atoms with Crippen LogP contribution >= 0.6 is 24.0 Å². The van der Waals surface area contributed by atoms with Gasteiger partial charge in [0.1, 0.15) is 0 Å². The fourth-order valence-corrected chi connectivity index (χ4v) is 2.61. The summed E-state index contributed by atoms with van der Waals surface area (Å²) in [6.07, 6.45) is -2.04. The predicted molar refractivity (Wildman–Crippen MR) is 125 cm³/mol. The second-order valence-corrected chi connectivity index (χ2v) is 6.63. The molecule has 0 fully saturated rings. The maximum Gasteiger partial charge on any atom is 0.416 e. The molecule has 1 heterocycles. The van der Waals surface area contributed by atoms with Crippen molar-refractivity contribution in [3.8, 4) is 0 Å². The lowest BCUT2D eigenvalue weighted by Gasteiger charge is -2.18. The van der Waals surface area contributed by atoms with Gasteiger partial charge in [0.25, 0.3) is 0 Å². The van der Waals surface area contributed by atoms with Crippen molar-refractivity contribution < 1.29 is 18.0 Å². The van der Waals surface area contributed by atoms with E-state index >= 15 is 0 Å². The van der Waals surface area contributed by atoms with Gasteiger partial charge in [-0.05, 0) is 36.8 Å². The molecule has 0 aliphatic carbocycles. The summed E-state index contributed by atoms with van der Waals surface area (Å²) in [5.74, 6) is 0.233. The number of amides is 1. The number of halogens is 4. The first-order chi connectivity index (χ1) is 14.3. The van der Waals surface area contributed by atoms with Gasteiger partial charge >= 0.3 is 6.18 Å². The second-order valence-electron chi connectivity index (χ2n) is 6.63. The summed E-state index contributed by atoms with van der Waals surface area (Å²) in [5.41, 5.74) is 0.625. The number of pyridine rings is 1. The maximum atomic E-state index is 12.8. The lowest BCUT2D eigenvalue weighted by molar-refractivity contribution is -0.137. The quantitative estimate of drug-likeness (QED) is 0.301. The highest BCUT2D eigenvalue weighted by Gasteiger charge is 2.30. The third-order valence-corrected chi connectivity index (χ3v) is 4.28. The van der Waals surface area contributed by atoms with Crippen LogP contribution in [-0.4, -0.2) is 48.4 Å². The van der Waals surface area contributed by atoms with E-state index < -0.39 is 11.7 Å². The molecule has 0 saturated heterocycles. The van der Waals surface area contributed by atoms with Crippen LogP contribution in [0.5, 0.6) is 0 Å². The first kappa shape index (κ1) is 26.7. The van der Waals surface area contributed by atoms with E-state index in [4.69, 9.17) is 0 Å². The zero-order chi connectivity index (χ0) is 22.0. The van der Waals surface area contributed by atoms with Crippen LogP contribution in [0, 0.1) is 0 Å². The van der Waals surface area contributed by atoms with Crippen LogP contribution in [0.25, 0.3) is 0 Å². The summed E-state index contributed by atoms with van der Waals surface area (Å²) in [6.45, 7) is 3.02. The molecule has 0 saturated carbocycles. The number of guanidine groups is 1. The Kier molecular flexibility index (Phi) is 11.3. The van der Waals surface area contributed by atoms with Crippen LogP contribution in [0.1, 0.15) is 23.7 Å². The van der Waals surface area contributed by atoms with Crippen molar-refractivity contribution in [1.29, 1.82) is 0 Å². The van der Waals surface area contributed by atoms with E-state index in [9.17, 15) is 18.0 Å². The van der Waals surface area contributed by atoms with Crippen LogP contribution in [0.3, 0.4) is 0 Å². The Labute approximate surface area is 197 Å². The van der Waals surface area contributed by atoms with Gasteiger partial charge in [-0.25, -0.2) is 4.99 Å². The molecule has 1 amide bonds. The third-order valence-electron chi connectivity index (χ3n) is 4.28. The molecule has 170 valence electrons. The summed E-state index contributed by atoms with van der Waals surface area (Å²) < 4.78 is 38.5. The zero-order valence-electron chi connectivity index (χ0n) is 17.4. The minimum Gasteiger partial charge on any atom is -0.357 e. The molecule has 1 aromatic heterocycles. The fraction of sp³-hybridized carbons (Fsp3) is 0.381. The number of alkyl halides is 3. The second kappa shape index (κ2) is 13.1. The van der Waals surface area contributed by atoms with Crippen LogP contribution in [0.2, 0.25) is 0 Å². The smallest absolute Gasteiger partial charge is 0.357 e. The third kappa shape index (κ3) is 9.53. The van der Waals surface area contributed by atoms with Crippen molar-refractivity contribution in [2.45, 2.75) is 26.1 Å². The lowest BCUT2D eigenvalue weighted by Crippen LogP contribution is -2.44. The van der Waals surface area contributed by atoms with Crippen LogP contribution < -0.4 is 10.6 Å². The highest BCUT2D eigenvalue weighted by atomic mass is 127. The number of hydrogen-bond acceptors (Lipinski definition) is 3. The molecule has 2 aromatic rings. The fourth-order valence-electron chi connectivity index (χ4n) is 2.61. The molecule has 0 radical (unpaired) electrons. The molecule has 10 heteroatoms. The molecule has 0 aliphatic heterocycles. The van der Waals surface area contributed by atoms with Crippen molar-refractivity contribution in [2.75, 3.05) is 26.7 Å². The van der Waals surface area contributed by atoms with Gasteiger partial charge in [0.2, 0.25) is 5.91 Å². The minimum atomic E-state index is -4.39. The molecule has 0 spiro atoms. The number of rotatable bonds is 8. The van der Waals surface area contributed by atoms with Gasteiger partial charge in [0.15, 0.2) is 5.96 Å². The summed E-state index contributed by atoms with van der Waals surface area (Å²) in [4.78, 5) is 22.4. The number of aromatic nitrogens is 1. The summed E-state index contributed by atoms with van der Waals surface area (Å²) in [7, 11) is 1.71. The Bertz CT molecular complexity index is 846. The minimum absolute atomic E-state index is 0. The van der Waals surface area contributed by atoms with Crippen LogP contribution in [0.4, 0.5) is 13.2 Å². The Morgan fingerprint density at radius 2 is 1.94 bits per heavy atom. The number of aliphatic imine (C=N–C) groups is 1. The SMILES string of the molecule is CCNC(=NCc1cccc(C(F)(F)F)c1)NCC(=O)N(C)CCc1ccccn1.I. The highest BCUT2D eigenvalue weighted by Crippen LogP contribution is 2.29. The van der Waals surface area contributed by atoms with Crippen LogP contribution in [-0.2, 0) is 23.9 Å². The molecule has 0 unspecified atom stereocenters. The Morgan fingerprint density at radius 1 is 1.16 bits per heavy atom. The monoisotopic (exact) mass is 549 g/mol. The van der Waals surface area contributed by atoms with Crippen molar-refractivity contribution in [1.82, 2.24) is 20.5 Å². The van der Waals surface area contributed by atoms with Gasteiger partial charge in [-0.15, -0.1) is 24.0 Å². The van der Waals surface area contributed by atoms with Crippen molar-refractivity contribution in [2.24, 2.45) is 4.99 Å². The molecule has 2 N–H and O–H groups in total. The number of benzene rings is 1. The van der Waals surface area contributed by atoms with Crippen molar-refractivity contribution >= 4 is 35.8 Å². The Hall–Kier alpha value is -2.37. The van der Waals surface area contributed by atoms with Gasteiger partial charge in [-0.3, -0.25) is 9.78 Å². The molecule has 0 aliphatic rings. The van der Waals surface area contributed by atoms with E-state index in [2.05, 4.69) is 20.6 Å². The molecule has 6 nitrogen and oxygen atoms in total. The molecule has 0 bridgehead atoms. The first-order valence-electron chi connectivity index (χ1n) is 9.61. The van der Waals surface area contributed by atoms with Gasteiger partial charge in [-0.1, -0.05) is 18.2 Å². The largest absolute Gasteiger partial charge is 0.416 e. The number of carbonyl (C=O) groups excluding carboxylic acids is 1. The van der Waals surface area contributed by atoms with E-state index in [1.807, 2.05) is 25.1 Å². The number of likely N-dealkylation sites (N-methyl/N-ethyl adjacent to an activating group) is 1. The van der Waals surface area contributed by atoms with Gasteiger partial charge in [0, 0.05) is 38.4 Å². The Balaban J connectivity index is 0.00000480. The predicted octanol–water partition coefficient (Wildman–Crippen LogP) is 3.47. The van der Waals surface area contributed by atoms with E-state index in [0.29, 0.717) is 31.0 Å².